The number of anilines is 1. The number of carboxylic acid groups (broad SMARTS) is 1. The highest BCUT2D eigenvalue weighted by molar-refractivity contribution is 6.09. The molecule has 104 valence electrons. The number of hydrazone groups is 1. The van der Waals surface area contributed by atoms with Gasteiger partial charge < -0.3 is 15.3 Å². The van der Waals surface area contributed by atoms with Crippen molar-refractivity contribution in [1.82, 2.24) is 10.3 Å². The molecule has 1 aromatic rings. The van der Waals surface area contributed by atoms with Crippen LogP contribution in [-0.4, -0.2) is 40.4 Å². The van der Waals surface area contributed by atoms with E-state index < -0.39 is 17.9 Å². The quantitative estimate of drug-likeness (QED) is 0.722. The van der Waals surface area contributed by atoms with E-state index in [1.165, 1.54) is 0 Å². The van der Waals surface area contributed by atoms with Crippen molar-refractivity contribution < 1.29 is 14.7 Å². The van der Waals surface area contributed by atoms with Crippen LogP contribution in [0.5, 0.6) is 0 Å². The minimum Gasteiger partial charge on any atom is -0.481 e. The smallest absolute Gasteiger partial charge is 0.305 e. The fraction of sp³-hybridized carbons (Fsp3) is 0.308. The monoisotopic (exact) mass is 274 g/mol. The minimum absolute atomic E-state index is 0.256. The van der Waals surface area contributed by atoms with E-state index >= 15 is 0 Å². The van der Waals surface area contributed by atoms with Gasteiger partial charge in [-0.15, -0.1) is 0 Å². The van der Waals surface area contributed by atoms with Crippen LogP contribution in [0.25, 0.3) is 0 Å². The second kappa shape index (κ2) is 4.52. The fourth-order valence-corrected chi connectivity index (χ4v) is 2.56. The molecule has 7 nitrogen and oxygen atoms in total. The van der Waals surface area contributed by atoms with Gasteiger partial charge in [0.25, 0.3) is 5.91 Å². The third-order valence-corrected chi connectivity index (χ3v) is 3.53. The predicted molar refractivity (Wildman–Crippen MR) is 72.2 cm³/mol. The number of nitrogens with zero attached hydrogens (tertiary/aromatic N) is 2. The van der Waals surface area contributed by atoms with Crippen molar-refractivity contribution in [2.24, 2.45) is 5.10 Å². The molecular weight excluding hydrogens is 260 g/mol. The number of hydrogen-bond acceptors (Lipinski definition) is 5. The van der Waals surface area contributed by atoms with E-state index in [0.717, 1.165) is 16.8 Å². The van der Waals surface area contributed by atoms with E-state index in [1.807, 2.05) is 25.1 Å². The second-order valence-electron chi connectivity index (χ2n) is 4.83. The summed E-state index contributed by atoms with van der Waals surface area (Å²) in [4.78, 5) is 24.4. The number of carbonyl (C=O) groups is 2. The number of benzene rings is 1. The lowest BCUT2D eigenvalue weighted by Gasteiger charge is -2.39. The first-order chi connectivity index (χ1) is 9.58. The molecule has 20 heavy (non-hydrogen) atoms. The number of rotatable bonds is 2. The molecule has 0 unspecified atom stereocenters. The van der Waals surface area contributed by atoms with Gasteiger partial charge in [-0.2, -0.15) is 5.10 Å². The van der Waals surface area contributed by atoms with Gasteiger partial charge in [-0.3, -0.25) is 9.59 Å². The number of aryl methyl sites for hydroxylation is 1. The van der Waals surface area contributed by atoms with E-state index in [4.69, 9.17) is 5.11 Å². The highest BCUT2D eigenvalue weighted by Gasteiger charge is 2.37. The van der Waals surface area contributed by atoms with Crippen molar-refractivity contribution in [3.05, 3.63) is 29.3 Å². The number of amidine groups is 1. The highest BCUT2D eigenvalue weighted by atomic mass is 16.4. The predicted octanol–water partition coefficient (Wildman–Crippen LogP) is 0.315. The summed E-state index contributed by atoms with van der Waals surface area (Å²) in [5.74, 6) is -0.802. The van der Waals surface area contributed by atoms with Gasteiger partial charge in [0.15, 0.2) is 5.84 Å². The first kappa shape index (κ1) is 12.5. The summed E-state index contributed by atoms with van der Waals surface area (Å²) in [6.07, 6.45) is -0.256. The molecule has 1 amide bonds. The molecule has 0 spiro atoms. The normalized spacial score (nSPS) is 20.2. The van der Waals surface area contributed by atoms with Crippen molar-refractivity contribution in [3.63, 3.8) is 0 Å². The van der Waals surface area contributed by atoms with E-state index in [2.05, 4.69) is 15.8 Å². The Morgan fingerprint density at radius 1 is 1.55 bits per heavy atom. The molecule has 0 saturated heterocycles. The Hall–Kier alpha value is -2.57. The van der Waals surface area contributed by atoms with Gasteiger partial charge in [-0.25, -0.2) is 5.43 Å². The Labute approximate surface area is 115 Å². The lowest BCUT2D eigenvalue weighted by atomic mass is 10.0. The summed E-state index contributed by atoms with van der Waals surface area (Å²) in [6.45, 7) is 2.35. The largest absolute Gasteiger partial charge is 0.481 e. The maximum absolute atomic E-state index is 11.8. The lowest BCUT2D eigenvalue weighted by molar-refractivity contribution is -0.141. The summed E-state index contributed by atoms with van der Waals surface area (Å²) in [7, 11) is 0. The maximum Gasteiger partial charge on any atom is 0.305 e. The number of aliphatic carboxylic acids is 1. The number of hydrogen-bond donors (Lipinski definition) is 3. The summed E-state index contributed by atoms with van der Waals surface area (Å²) in [5, 5.41) is 16.3. The first-order valence-electron chi connectivity index (χ1n) is 6.28. The minimum atomic E-state index is -1.01. The molecule has 2 aliphatic heterocycles. The number of nitrogens with one attached hydrogen (secondary N) is 2. The van der Waals surface area contributed by atoms with E-state index in [9.17, 15) is 9.59 Å². The van der Waals surface area contributed by atoms with Crippen LogP contribution in [0.1, 0.15) is 17.5 Å². The van der Waals surface area contributed by atoms with Crippen LogP contribution in [0.4, 0.5) is 5.69 Å². The van der Waals surface area contributed by atoms with Crippen molar-refractivity contribution in [1.29, 1.82) is 0 Å². The fourth-order valence-electron chi connectivity index (χ4n) is 2.56. The summed E-state index contributed by atoms with van der Waals surface area (Å²) in [6, 6.07) is 5.04. The van der Waals surface area contributed by atoms with Crippen molar-refractivity contribution in [3.8, 4) is 0 Å². The van der Waals surface area contributed by atoms with Gasteiger partial charge >= 0.3 is 5.97 Å². The maximum atomic E-state index is 11.8. The lowest BCUT2D eigenvalue weighted by Crippen LogP contribution is -2.57. The molecule has 0 radical (unpaired) electrons. The average Bonchev–Trinajstić information content (AvgIpc) is 2.41. The van der Waals surface area contributed by atoms with E-state index in [1.54, 1.807) is 4.90 Å². The molecule has 2 aliphatic rings. The zero-order chi connectivity index (χ0) is 14.3. The average molecular weight is 274 g/mol. The van der Waals surface area contributed by atoms with Crippen LogP contribution in [-0.2, 0) is 9.59 Å². The second-order valence-corrected chi connectivity index (χ2v) is 4.83. The molecule has 7 heteroatoms. The van der Waals surface area contributed by atoms with Crippen LogP contribution < -0.4 is 10.7 Å². The van der Waals surface area contributed by atoms with Gasteiger partial charge in [0.05, 0.1) is 13.1 Å². The van der Waals surface area contributed by atoms with Gasteiger partial charge in [0.2, 0.25) is 0 Å². The standard InChI is InChI=1S/C13H14N4O3/c1-7-3-2-4-8-11(7)14-6-17-9(5-10(18)19)13(20)16-15-12(8)17/h2-4,9,14H,5-6H2,1H3,(H,16,20)(H,18,19)/t9-/m1/s1. The zero-order valence-electron chi connectivity index (χ0n) is 10.9. The van der Waals surface area contributed by atoms with Gasteiger partial charge in [0, 0.05) is 11.3 Å². The number of amides is 1. The van der Waals surface area contributed by atoms with Gasteiger partial charge in [0.1, 0.15) is 6.04 Å². The SMILES string of the molecule is Cc1cccc2c1NCN1C2=NNC(=O)[C@H]1CC(=O)O. The van der Waals surface area contributed by atoms with E-state index in [-0.39, 0.29) is 6.42 Å². The third kappa shape index (κ3) is 1.87. The summed E-state index contributed by atoms with van der Waals surface area (Å²) < 4.78 is 0. The molecule has 3 N–H and O–H groups in total. The number of carboxylic acids is 1. The Kier molecular flexibility index (Phi) is 2.81. The Balaban J connectivity index is 2.03. The molecule has 0 aliphatic carbocycles. The third-order valence-electron chi connectivity index (χ3n) is 3.53. The number of para-hydroxylation sites is 1. The highest BCUT2D eigenvalue weighted by Crippen LogP contribution is 2.28. The molecular formula is C13H14N4O3. The Morgan fingerprint density at radius 2 is 2.35 bits per heavy atom. The van der Waals surface area contributed by atoms with Crippen LogP contribution in [0.15, 0.2) is 23.3 Å². The van der Waals surface area contributed by atoms with E-state index in [0.29, 0.717) is 12.5 Å². The summed E-state index contributed by atoms with van der Waals surface area (Å²) in [5.41, 5.74) is 5.33. The van der Waals surface area contributed by atoms with Crippen LogP contribution in [0.3, 0.4) is 0 Å². The Bertz CT molecular complexity index is 626. The molecule has 2 heterocycles. The van der Waals surface area contributed by atoms with Gasteiger partial charge in [-0.05, 0) is 18.6 Å². The topological polar surface area (TPSA) is 94.0 Å². The van der Waals surface area contributed by atoms with Crippen molar-refractivity contribution >= 4 is 23.4 Å². The number of fused-ring (bicyclic) bond motifs is 3. The molecule has 1 aromatic carbocycles. The van der Waals surface area contributed by atoms with Crippen molar-refractivity contribution in [2.45, 2.75) is 19.4 Å². The van der Waals surface area contributed by atoms with Crippen LogP contribution >= 0.6 is 0 Å². The molecule has 0 aromatic heterocycles. The van der Waals surface area contributed by atoms with Crippen molar-refractivity contribution in [2.75, 3.05) is 12.0 Å². The number of carbonyl (C=O) groups excluding carboxylic acids is 1. The molecule has 0 fully saturated rings. The van der Waals surface area contributed by atoms with Crippen LogP contribution in [0, 0.1) is 6.92 Å². The first-order valence-corrected chi connectivity index (χ1v) is 6.28. The molecule has 3 rings (SSSR count). The zero-order valence-corrected chi connectivity index (χ0v) is 10.9. The molecule has 0 bridgehead atoms. The Morgan fingerprint density at radius 3 is 3.10 bits per heavy atom. The molecule has 0 saturated carbocycles. The molecule has 1 atom stereocenters. The van der Waals surface area contributed by atoms with Crippen LogP contribution in [0.2, 0.25) is 0 Å². The van der Waals surface area contributed by atoms with Gasteiger partial charge in [-0.1, -0.05) is 12.1 Å². The summed E-state index contributed by atoms with van der Waals surface area (Å²) >= 11 is 0.